The zero-order chi connectivity index (χ0) is 17.1. The normalized spacial score (nSPS) is 12.1. The zero-order valence-corrected chi connectivity index (χ0v) is 13.3. The average molecular weight is 325 g/mol. The summed E-state index contributed by atoms with van der Waals surface area (Å²) in [4.78, 5) is 12.6. The predicted octanol–water partition coefficient (Wildman–Crippen LogP) is 2.23. The molecule has 0 aliphatic heterocycles. The first-order valence-corrected chi connectivity index (χ1v) is 7.68. The Hall–Kier alpha value is -2.99. The fourth-order valence-electron chi connectivity index (χ4n) is 2.57. The number of benzene rings is 2. The van der Waals surface area contributed by atoms with E-state index in [0.717, 1.165) is 0 Å². The van der Waals surface area contributed by atoms with Crippen molar-refractivity contribution in [3.8, 4) is 11.4 Å². The highest BCUT2D eigenvalue weighted by Gasteiger charge is 2.22. The van der Waals surface area contributed by atoms with Crippen molar-refractivity contribution < 1.29 is 9.84 Å². The Labute approximate surface area is 139 Å². The molecule has 6 nitrogen and oxygen atoms in total. The van der Waals surface area contributed by atoms with Crippen LogP contribution in [0, 0.1) is 0 Å². The second-order valence-electron chi connectivity index (χ2n) is 5.32. The van der Waals surface area contributed by atoms with Gasteiger partial charge in [-0.2, -0.15) is 0 Å². The van der Waals surface area contributed by atoms with Gasteiger partial charge in [0.25, 0.3) is 5.56 Å². The highest BCUT2D eigenvalue weighted by Crippen LogP contribution is 2.25. The van der Waals surface area contributed by atoms with E-state index in [1.165, 1.54) is 4.68 Å². The molecule has 1 unspecified atom stereocenters. The fourth-order valence-corrected chi connectivity index (χ4v) is 2.57. The number of aliphatic hydroxyl groups is 1. The standard InChI is InChI=1S/C18H19N3O3/c1-2-24-14-10-8-12(9-11-14)16(22)15-17(19)20-21(18(15)23)13-6-4-3-5-7-13/h3-11,16,20,22H,2,19H2,1H3. The Bertz CT molecular complexity index is 867. The minimum Gasteiger partial charge on any atom is -0.494 e. The number of nitrogen functional groups attached to an aromatic ring is 1. The van der Waals surface area contributed by atoms with E-state index in [1.54, 1.807) is 36.4 Å². The number of hydrogen-bond donors (Lipinski definition) is 3. The SMILES string of the molecule is CCOc1ccc(C(O)c2c(N)[nH]n(-c3ccccc3)c2=O)cc1. The molecule has 0 amide bonds. The molecule has 0 fully saturated rings. The minimum atomic E-state index is -1.12. The number of H-pyrrole nitrogens is 1. The molecule has 6 heteroatoms. The van der Waals surface area contributed by atoms with E-state index in [0.29, 0.717) is 23.6 Å². The summed E-state index contributed by atoms with van der Waals surface area (Å²) in [6.07, 6.45) is -1.12. The molecule has 1 atom stereocenters. The van der Waals surface area contributed by atoms with Crippen molar-refractivity contribution in [1.29, 1.82) is 0 Å². The molecular formula is C18H19N3O3. The van der Waals surface area contributed by atoms with Gasteiger partial charge in [-0.05, 0) is 36.8 Å². The van der Waals surface area contributed by atoms with E-state index in [-0.39, 0.29) is 16.9 Å². The van der Waals surface area contributed by atoms with Gasteiger partial charge in [-0.1, -0.05) is 30.3 Å². The van der Waals surface area contributed by atoms with E-state index in [2.05, 4.69) is 5.10 Å². The molecule has 2 aromatic carbocycles. The highest BCUT2D eigenvalue weighted by atomic mass is 16.5. The second-order valence-corrected chi connectivity index (χ2v) is 5.32. The molecule has 3 rings (SSSR count). The Morgan fingerprint density at radius 1 is 1.17 bits per heavy atom. The van der Waals surface area contributed by atoms with Crippen LogP contribution in [-0.2, 0) is 0 Å². The molecule has 1 aromatic heterocycles. The molecule has 24 heavy (non-hydrogen) atoms. The number of para-hydroxylation sites is 1. The van der Waals surface area contributed by atoms with Gasteiger partial charge >= 0.3 is 0 Å². The van der Waals surface area contributed by atoms with Crippen LogP contribution in [0.3, 0.4) is 0 Å². The molecule has 0 radical (unpaired) electrons. The van der Waals surface area contributed by atoms with E-state index in [1.807, 2.05) is 25.1 Å². The van der Waals surface area contributed by atoms with Gasteiger partial charge in [-0.25, -0.2) is 4.68 Å². The summed E-state index contributed by atoms with van der Waals surface area (Å²) >= 11 is 0. The molecule has 0 aliphatic rings. The van der Waals surface area contributed by atoms with E-state index in [9.17, 15) is 9.90 Å². The van der Waals surface area contributed by atoms with Crippen molar-refractivity contribution >= 4 is 5.82 Å². The van der Waals surface area contributed by atoms with Crippen LogP contribution in [0.15, 0.2) is 59.4 Å². The summed E-state index contributed by atoms with van der Waals surface area (Å²) in [5.74, 6) is 0.849. The molecule has 1 heterocycles. The highest BCUT2D eigenvalue weighted by molar-refractivity contribution is 5.46. The van der Waals surface area contributed by atoms with Crippen LogP contribution < -0.4 is 16.0 Å². The van der Waals surface area contributed by atoms with Crippen LogP contribution in [0.4, 0.5) is 5.82 Å². The second kappa shape index (κ2) is 6.64. The first-order valence-electron chi connectivity index (χ1n) is 7.68. The first kappa shape index (κ1) is 15.9. The maximum Gasteiger partial charge on any atom is 0.279 e. The fraction of sp³-hybridized carbons (Fsp3) is 0.167. The quantitative estimate of drug-likeness (QED) is 0.670. The molecule has 0 saturated heterocycles. The minimum absolute atomic E-state index is 0.128. The van der Waals surface area contributed by atoms with Crippen LogP contribution in [0.5, 0.6) is 5.75 Å². The lowest BCUT2D eigenvalue weighted by Crippen LogP contribution is -2.20. The number of aromatic nitrogens is 2. The van der Waals surface area contributed by atoms with Gasteiger partial charge in [0, 0.05) is 0 Å². The van der Waals surface area contributed by atoms with Crippen molar-refractivity contribution in [3.05, 3.63) is 76.1 Å². The first-order chi connectivity index (χ1) is 11.6. The van der Waals surface area contributed by atoms with Crippen LogP contribution in [0.25, 0.3) is 5.69 Å². The molecule has 0 bridgehead atoms. The van der Waals surface area contributed by atoms with Gasteiger partial charge in [0.1, 0.15) is 17.7 Å². The summed E-state index contributed by atoms with van der Waals surface area (Å²) in [6.45, 7) is 2.46. The summed E-state index contributed by atoms with van der Waals surface area (Å²) in [6, 6.07) is 16.0. The number of aliphatic hydroxyl groups excluding tert-OH is 1. The lowest BCUT2D eigenvalue weighted by Gasteiger charge is -2.10. The topological polar surface area (TPSA) is 93.3 Å². The van der Waals surface area contributed by atoms with Crippen LogP contribution in [0.2, 0.25) is 0 Å². The monoisotopic (exact) mass is 325 g/mol. The lowest BCUT2D eigenvalue weighted by molar-refractivity contribution is 0.219. The maximum atomic E-state index is 12.6. The van der Waals surface area contributed by atoms with Gasteiger partial charge in [0.15, 0.2) is 0 Å². The lowest BCUT2D eigenvalue weighted by atomic mass is 10.0. The number of nitrogens with one attached hydrogen (secondary N) is 1. The van der Waals surface area contributed by atoms with Crippen molar-refractivity contribution in [2.45, 2.75) is 13.0 Å². The Kier molecular flexibility index (Phi) is 4.39. The smallest absolute Gasteiger partial charge is 0.279 e. The number of nitrogens with zero attached hydrogens (tertiary/aromatic N) is 1. The van der Waals surface area contributed by atoms with E-state index < -0.39 is 6.10 Å². The van der Waals surface area contributed by atoms with Crippen molar-refractivity contribution in [3.63, 3.8) is 0 Å². The third-order valence-electron chi connectivity index (χ3n) is 3.75. The molecule has 4 N–H and O–H groups in total. The van der Waals surface area contributed by atoms with Crippen LogP contribution in [0.1, 0.15) is 24.2 Å². The largest absolute Gasteiger partial charge is 0.494 e. The van der Waals surface area contributed by atoms with E-state index >= 15 is 0 Å². The third-order valence-corrected chi connectivity index (χ3v) is 3.75. The Morgan fingerprint density at radius 2 is 1.83 bits per heavy atom. The number of aromatic amines is 1. The summed E-state index contributed by atoms with van der Waals surface area (Å²) in [5, 5.41) is 13.4. The summed E-state index contributed by atoms with van der Waals surface area (Å²) in [7, 11) is 0. The summed E-state index contributed by atoms with van der Waals surface area (Å²) < 4.78 is 6.70. The van der Waals surface area contributed by atoms with Crippen molar-refractivity contribution in [1.82, 2.24) is 9.78 Å². The van der Waals surface area contributed by atoms with E-state index in [4.69, 9.17) is 10.5 Å². The molecule has 124 valence electrons. The Balaban J connectivity index is 1.97. The molecule has 0 aliphatic carbocycles. The number of hydrogen-bond acceptors (Lipinski definition) is 4. The molecular weight excluding hydrogens is 306 g/mol. The molecule has 0 saturated carbocycles. The Morgan fingerprint density at radius 3 is 2.46 bits per heavy atom. The zero-order valence-electron chi connectivity index (χ0n) is 13.3. The number of nitrogens with two attached hydrogens (primary N) is 1. The number of anilines is 1. The van der Waals surface area contributed by atoms with Crippen LogP contribution in [-0.4, -0.2) is 21.5 Å². The third kappa shape index (κ3) is 2.91. The molecule has 0 spiro atoms. The predicted molar refractivity (Wildman–Crippen MR) is 92.5 cm³/mol. The van der Waals surface area contributed by atoms with Gasteiger partial charge in [-0.3, -0.25) is 9.89 Å². The number of rotatable bonds is 5. The van der Waals surface area contributed by atoms with Gasteiger partial charge in [0.05, 0.1) is 17.9 Å². The maximum absolute atomic E-state index is 12.6. The van der Waals surface area contributed by atoms with Gasteiger partial charge in [-0.15, -0.1) is 0 Å². The average Bonchev–Trinajstić information content (AvgIpc) is 2.90. The molecule has 3 aromatic rings. The number of ether oxygens (including phenoxy) is 1. The van der Waals surface area contributed by atoms with Crippen molar-refractivity contribution in [2.24, 2.45) is 0 Å². The van der Waals surface area contributed by atoms with Gasteiger partial charge in [0.2, 0.25) is 0 Å². The summed E-state index contributed by atoms with van der Waals surface area (Å²) in [5.41, 5.74) is 6.91. The van der Waals surface area contributed by atoms with Crippen molar-refractivity contribution in [2.75, 3.05) is 12.3 Å². The van der Waals surface area contributed by atoms with Gasteiger partial charge < -0.3 is 15.6 Å². The van der Waals surface area contributed by atoms with Crippen LogP contribution >= 0.6 is 0 Å².